The van der Waals surface area contributed by atoms with E-state index >= 15 is 0 Å². The number of hydrogen-bond acceptors (Lipinski definition) is 8. The van der Waals surface area contributed by atoms with Gasteiger partial charge >= 0.3 is 0 Å². The lowest BCUT2D eigenvalue weighted by Crippen LogP contribution is -2.30. The van der Waals surface area contributed by atoms with Crippen LogP contribution in [0, 0.1) is 10.1 Å². The minimum atomic E-state index is -4.00. The van der Waals surface area contributed by atoms with Crippen LogP contribution in [0.2, 0.25) is 0 Å². The Morgan fingerprint density at radius 1 is 0.957 bits per heavy atom. The minimum Gasteiger partial charge on any atom is -0.497 e. The molecule has 2 aliphatic carbocycles. The summed E-state index contributed by atoms with van der Waals surface area (Å²) in [7, 11) is -0.848. The van der Waals surface area contributed by atoms with Gasteiger partial charge in [0.2, 0.25) is 0 Å². The van der Waals surface area contributed by atoms with Gasteiger partial charge in [0.15, 0.2) is 5.03 Å². The lowest BCUT2D eigenvalue weighted by molar-refractivity contribution is -0.387. The van der Waals surface area contributed by atoms with Crippen molar-refractivity contribution in [2.45, 2.75) is 68.8 Å². The number of nitro groups is 1. The summed E-state index contributed by atoms with van der Waals surface area (Å²) in [5, 5.41) is 28.0. The van der Waals surface area contributed by atoms with Gasteiger partial charge in [-0.2, -0.15) is 9.40 Å². The Kier molecular flexibility index (Phi) is 9.18. The van der Waals surface area contributed by atoms with E-state index in [9.17, 15) is 23.6 Å². The average molecular weight is 659 g/mol. The Labute approximate surface area is 274 Å². The summed E-state index contributed by atoms with van der Waals surface area (Å²) in [5.41, 5.74) is 3.46. The van der Waals surface area contributed by atoms with Crippen LogP contribution in [-0.2, 0) is 54.5 Å². The fraction of sp³-hybridized carbons (Fsp3) is 0.343. The van der Waals surface area contributed by atoms with Crippen molar-refractivity contribution in [2.24, 2.45) is 0 Å². The molecule has 6 rings (SSSR count). The fourth-order valence-corrected chi connectivity index (χ4v) is 7.98. The van der Waals surface area contributed by atoms with Gasteiger partial charge in [0.1, 0.15) is 17.1 Å². The van der Waals surface area contributed by atoms with Gasteiger partial charge in [-0.15, -0.1) is 0 Å². The van der Waals surface area contributed by atoms with Crippen molar-refractivity contribution in [3.05, 3.63) is 123 Å². The van der Waals surface area contributed by atoms with Crippen molar-refractivity contribution in [1.82, 2.24) is 14.1 Å². The Bertz CT molecular complexity index is 1850. The van der Waals surface area contributed by atoms with Crippen LogP contribution in [0.3, 0.4) is 0 Å². The van der Waals surface area contributed by atoms with Gasteiger partial charge in [-0.3, -0.25) is 14.8 Å². The van der Waals surface area contributed by atoms with Crippen LogP contribution in [0.5, 0.6) is 11.5 Å². The first-order chi connectivity index (χ1) is 22.6. The maximum atomic E-state index is 13.9. The number of aromatic nitrogens is 2. The van der Waals surface area contributed by atoms with E-state index in [1.54, 1.807) is 56.8 Å². The highest BCUT2D eigenvalue weighted by atomic mass is 32.2. The predicted octanol–water partition coefficient (Wildman–Crippen LogP) is 5.47. The number of methoxy groups -OCH3 is 2. The lowest BCUT2D eigenvalue weighted by Gasteiger charge is -2.23. The molecule has 0 saturated carbocycles. The molecule has 1 heterocycles. The summed E-state index contributed by atoms with van der Waals surface area (Å²) in [5.74, 6) is 1.35. The maximum Gasteiger partial charge on any atom is 0.279 e. The third-order valence-corrected chi connectivity index (χ3v) is 10.8. The molecule has 1 atom stereocenters. The number of allylic oxidation sites excluding steroid dienone is 1. The highest BCUT2D eigenvalue weighted by Gasteiger charge is 2.44. The number of rotatable bonds is 13. The van der Waals surface area contributed by atoms with E-state index in [1.165, 1.54) is 15.1 Å². The van der Waals surface area contributed by atoms with Gasteiger partial charge < -0.3 is 14.6 Å². The van der Waals surface area contributed by atoms with Crippen molar-refractivity contribution in [3.63, 3.8) is 0 Å². The molecule has 0 saturated heterocycles. The highest BCUT2D eigenvalue weighted by Crippen LogP contribution is 2.48. The van der Waals surface area contributed by atoms with E-state index < -0.39 is 15.6 Å². The maximum absolute atomic E-state index is 13.9. The van der Waals surface area contributed by atoms with Crippen molar-refractivity contribution < 1.29 is 27.9 Å². The van der Waals surface area contributed by atoms with Crippen LogP contribution in [-0.4, -0.2) is 46.8 Å². The van der Waals surface area contributed by atoms with Gasteiger partial charge in [-0.1, -0.05) is 42.5 Å². The van der Waals surface area contributed by atoms with Crippen LogP contribution < -0.4 is 9.47 Å². The molecule has 47 heavy (non-hydrogen) atoms. The first-order valence-electron chi connectivity index (χ1n) is 15.6. The Hall–Kier alpha value is -4.52. The molecule has 0 fully saturated rings. The van der Waals surface area contributed by atoms with E-state index in [0.717, 1.165) is 40.7 Å². The molecule has 0 amide bonds. The second kappa shape index (κ2) is 13.3. The molecular weight excluding hydrogens is 620 g/mol. The Balaban J connectivity index is 1.18. The van der Waals surface area contributed by atoms with Crippen molar-refractivity contribution in [2.75, 3.05) is 14.2 Å². The highest BCUT2D eigenvalue weighted by molar-refractivity contribution is 7.89. The molecule has 4 aromatic rings. The summed E-state index contributed by atoms with van der Waals surface area (Å²) in [4.78, 5) is 11.8. The summed E-state index contributed by atoms with van der Waals surface area (Å²) in [6.07, 6.45) is 8.80. The van der Waals surface area contributed by atoms with Gasteiger partial charge in [0.25, 0.3) is 15.7 Å². The van der Waals surface area contributed by atoms with Gasteiger partial charge in [0.05, 0.1) is 31.3 Å². The molecule has 0 spiro atoms. The first kappa shape index (κ1) is 32.4. The first-order valence-corrected chi connectivity index (χ1v) is 17.0. The Morgan fingerprint density at radius 2 is 1.60 bits per heavy atom. The third-order valence-electron chi connectivity index (χ3n) is 9.08. The molecule has 0 radical (unpaired) electrons. The van der Waals surface area contributed by atoms with Gasteiger partial charge in [-0.25, -0.2) is 8.42 Å². The monoisotopic (exact) mass is 658 g/mol. The average Bonchev–Trinajstić information content (AvgIpc) is 3.82. The zero-order chi connectivity index (χ0) is 33.2. The molecule has 2 aliphatic rings. The number of benzene rings is 3. The number of aryl methyl sites for hydroxylation is 2. The molecule has 12 heteroatoms. The van der Waals surface area contributed by atoms with Crippen LogP contribution in [0.1, 0.15) is 52.6 Å². The number of nitro benzene ring substituents is 1. The van der Waals surface area contributed by atoms with Crippen LogP contribution >= 0.6 is 0 Å². The summed E-state index contributed by atoms with van der Waals surface area (Å²) >= 11 is 0. The Morgan fingerprint density at radius 3 is 2.19 bits per heavy atom. The molecule has 0 aliphatic heterocycles. The molecule has 246 valence electrons. The zero-order valence-electron chi connectivity index (χ0n) is 26.5. The molecule has 11 nitrogen and oxygen atoms in total. The molecule has 3 aromatic carbocycles. The van der Waals surface area contributed by atoms with Gasteiger partial charge in [-0.05, 0) is 91.1 Å². The van der Waals surface area contributed by atoms with Crippen molar-refractivity contribution in [3.8, 4) is 11.5 Å². The van der Waals surface area contributed by atoms with Crippen molar-refractivity contribution in [1.29, 1.82) is 0 Å². The van der Waals surface area contributed by atoms with E-state index in [-0.39, 0.29) is 41.7 Å². The smallest absolute Gasteiger partial charge is 0.279 e. The number of sulfonamides is 1. The predicted molar refractivity (Wildman–Crippen MR) is 176 cm³/mol. The number of nitrogens with zero attached hydrogens (tertiary/aromatic N) is 4. The molecular formula is C35H38N4O7S. The summed E-state index contributed by atoms with van der Waals surface area (Å²) < 4.78 is 41.3. The third kappa shape index (κ3) is 6.67. The number of ether oxygens (including phenoxy) is 2. The van der Waals surface area contributed by atoms with Gasteiger partial charge in [0, 0.05) is 24.8 Å². The van der Waals surface area contributed by atoms with Crippen LogP contribution in [0.4, 0.5) is 5.69 Å². The van der Waals surface area contributed by atoms with Crippen molar-refractivity contribution >= 4 is 15.7 Å². The second-order valence-electron chi connectivity index (χ2n) is 12.1. The minimum absolute atomic E-state index is 0.0826. The summed E-state index contributed by atoms with van der Waals surface area (Å²) in [6.45, 7) is 0.517. The SMILES string of the molecule is COc1ccc(CN(Cc2ccc(OC)cc2)S(=O)(=O)c2ccn(C/C=C/CC3(O)CCc4cc5c(c([N+](=O)[O-])c43)CCC5)n2)cc1. The molecule has 0 bridgehead atoms. The topological polar surface area (TPSA) is 137 Å². The normalized spacial score (nSPS) is 17.3. The summed E-state index contributed by atoms with van der Waals surface area (Å²) in [6, 6.07) is 18.0. The van der Waals surface area contributed by atoms with E-state index in [4.69, 9.17) is 9.47 Å². The number of aliphatic hydroxyl groups is 1. The second-order valence-corrected chi connectivity index (χ2v) is 13.9. The number of hydrogen-bond donors (Lipinski definition) is 1. The fourth-order valence-electron chi connectivity index (χ4n) is 6.64. The largest absolute Gasteiger partial charge is 0.497 e. The molecule has 1 unspecified atom stereocenters. The van der Waals surface area contributed by atoms with E-state index in [2.05, 4.69) is 5.10 Å². The van der Waals surface area contributed by atoms with Crippen LogP contribution in [0.25, 0.3) is 0 Å². The van der Waals surface area contributed by atoms with E-state index in [1.807, 2.05) is 30.3 Å². The number of fused-ring (bicyclic) bond motifs is 2. The van der Waals surface area contributed by atoms with E-state index in [0.29, 0.717) is 36.3 Å². The van der Waals surface area contributed by atoms with Crippen LogP contribution in [0.15, 0.2) is 84.0 Å². The lowest BCUT2D eigenvalue weighted by atomic mass is 9.88. The molecule has 1 N–H and O–H groups in total. The quantitative estimate of drug-likeness (QED) is 0.114. The molecule has 1 aromatic heterocycles. The standard InChI is InChI=1S/C35H38N4O7S/c1-45-29-12-8-25(9-13-29)23-38(24-26-10-14-30(46-2)15-11-26)47(43,44)32-17-21-37(36-32)20-4-3-18-35(40)19-16-28-22-27-6-5-7-31(27)34(33(28)35)39(41)42/h3-4,8-15,17,21-22,40H,5-7,16,18-20,23-24H2,1-2H3/b4-3+. The zero-order valence-corrected chi connectivity index (χ0v) is 27.3.